The van der Waals surface area contributed by atoms with Crippen molar-refractivity contribution in [2.45, 2.75) is 58.4 Å². The molecule has 0 bridgehead atoms. The highest BCUT2D eigenvalue weighted by molar-refractivity contribution is 9.10. The van der Waals surface area contributed by atoms with Gasteiger partial charge in [-0.2, -0.15) is 5.10 Å². The molecule has 1 saturated carbocycles. The standard InChI is InChI=1S/C15H26BrN3/c1-4-17-13(9-12-7-5-6-8-12)10-14-15(16)11(2)18-19(14)3/h12-13,17H,4-10H2,1-3H3. The Balaban J connectivity index is 2.02. The molecule has 19 heavy (non-hydrogen) atoms. The first-order chi connectivity index (χ1) is 9.11. The molecule has 0 spiro atoms. The minimum Gasteiger partial charge on any atom is -0.314 e. The summed E-state index contributed by atoms with van der Waals surface area (Å²) in [6.45, 7) is 5.31. The number of nitrogens with one attached hydrogen (secondary N) is 1. The molecule has 0 aromatic carbocycles. The molecule has 3 nitrogen and oxygen atoms in total. The van der Waals surface area contributed by atoms with E-state index in [0.29, 0.717) is 6.04 Å². The molecule has 0 radical (unpaired) electrons. The maximum atomic E-state index is 4.50. The van der Waals surface area contributed by atoms with Crippen LogP contribution in [0, 0.1) is 12.8 Å². The van der Waals surface area contributed by atoms with Crippen LogP contribution in [0.15, 0.2) is 4.47 Å². The zero-order chi connectivity index (χ0) is 13.8. The predicted octanol–water partition coefficient (Wildman–Crippen LogP) is 3.59. The van der Waals surface area contributed by atoms with Crippen molar-refractivity contribution in [2.24, 2.45) is 13.0 Å². The lowest BCUT2D eigenvalue weighted by atomic mass is 9.95. The first kappa shape index (κ1) is 15.0. The fraction of sp³-hybridized carbons (Fsp3) is 0.800. The summed E-state index contributed by atoms with van der Waals surface area (Å²) in [5.41, 5.74) is 2.41. The summed E-state index contributed by atoms with van der Waals surface area (Å²) in [5.74, 6) is 0.928. The number of aryl methyl sites for hydroxylation is 2. The number of hydrogen-bond donors (Lipinski definition) is 1. The summed E-state index contributed by atoms with van der Waals surface area (Å²) in [5, 5.41) is 8.16. The van der Waals surface area contributed by atoms with Gasteiger partial charge in [0.1, 0.15) is 0 Å². The Hall–Kier alpha value is -0.350. The Bertz CT molecular complexity index is 408. The number of nitrogens with zero attached hydrogens (tertiary/aromatic N) is 2. The van der Waals surface area contributed by atoms with Crippen LogP contribution in [-0.2, 0) is 13.5 Å². The lowest BCUT2D eigenvalue weighted by Gasteiger charge is -2.21. The fourth-order valence-electron chi connectivity index (χ4n) is 3.31. The van der Waals surface area contributed by atoms with E-state index >= 15 is 0 Å². The van der Waals surface area contributed by atoms with Gasteiger partial charge in [0.15, 0.2) is 0 Å². The van der Waals surface area contributed by atoms with Crippen molar-refractivity contribution in [3.05, 3.63) is 15.9 Å². The van der Waals surface area contributed by atoms with Crippen LogP contribution >= 0.6 is 15.9 Å². The number of aromatic nitrogens is 2. The highest BCUT2D eigenvalue weighted by atomic mass is 79.9. The van der Waals surface area contributed by atoms with Crippen molar-refractivity contribution in [1.82, 2.24) is 15.1 Å². The highest BCUT2D eigenvalue weighted by Gasteiger charge is 2.22. The average molecular weight is 328 g/mol. The average Bonchev–Trinajstić information content (AvgIpc) is 2.94. The van der Waals surface area contributed by atoms with Crippen molar-refractivity contribution >= 4 is 15.9 Å². The molecule has 1 aromatic rings. The van der Waals surface area contributed by atoms with E-state index in [9.17, 15) is 0 Å². The summed E-state index contributed by atoms with van der Waals surface area (Å²) in [6.07, 6.45) is 8.09. The molecular weight excluding hydrogens is 302 g/mol. The van der Waals surface area contributed by atoms with Gasteiger partial charge in [0.25, 0.3) is 0 Å². The van der Waals surface area contributed by atoms with Gasteiger partial charge in [-0.15, -0.1) is 0 Å². The molecule has 2 rings (SSSR count). The Labute approximate surface area is 125 Å². The highest BCUT2D eigenvalue weighted by Crippen LogP contribution is 2.30. The topological polar surface area (TPSA) is 29.9 Å². The van der Waals surface area contributed by atoms with Gasteiger partial charge in [0.05, 0.1) is 15.9 Å². The molecule has 108 valence electrons. The molecule has 1 atom stereocenters. The zero-order valence-corrected chi connectivity index (χ0v) is 14.0. The largest absolute Gasteiger partial charge is 0.314 e. The van der Waals surface area contributed by atoms with Crippen LogP contribution in [0.2, 0.25) is 0 Å². The Kier molecular flexibility index (Phi) is 5.46. The van der Waals surface area contributed by atoms with Gasteiger partial charge in [0, 0.05) is 19.5 Å². The molecule has 0 saturated heterocycles. The molecule has 1 heterocycles. The number of halogens is 1. The van der Waals surface area contributed by atoms with Crippen LogP contribution in [0.3, 0.4) is 0 Å². The first-order valence-electron chi connectivity index (χ1n) is 7.53. The van der Waals surface area contributed by atoms with E-state index < -0.39 is 0 Å². The fourth-order valence-corrected chi connectivity index (χ4v) is 3.81. The Morgan fingerprint density at radius 3 is 2.63 bits per heavy atom. The second kappa shape index (κ2) is 6.89. The summed E-state index contributed by atoms with van der Waals surface area (Å²) in [7, 11) is 2.05. The minimum atomic E-state index is 0.583. The van der Waals surface area contributed by atoms with Crippen molar-refractivity contribution in [1.29, 1.82) is 0 Å². The normalized spacial score (nSPS) is 18.1. The zero-order valence-electron chi connectivity index (χ0n) is 12.4. The summed E-state index contributed by atoms with van der Waals surface area (Å²) in [6, 6.07) is 0.583. The van der Waals surface area contributed by atoms with Gasteiger partial charge >= 0.3 is 0 Å². The van der Waals surface area contributed by atoms with E-state index in [4.69, 9.17) is 0 Å². The lowest BCUT2D eigenvalue weighted by Crippen LogP contribution is -2.33. The molecule has 0 aliphatic heterocycles. The summed E-state index contributed by atoms with van der Waals surface area (Å²) < 4.78 is 3.21. The van der Waals surface area contributed by atoms with Gasteiger partial charge in [-0.1, -0.05) is 32.6 Å². The van der Waals surface area contributed by atoms with Crippen LogP contribution in [0.25, 0.3) is 0 Å². The predicted molar refractivity (Wildman–Crippen MR) is 83.4 cm³/mol. The monoisotopic (exact) mass is 327 g/mol. The van der Waals surface area contributed by atoms with E-state index in [1.165, 1.54) is 42.3 Å². The molecule has 0 amide bonds. The number of rotatable bonds is 6. The summed E-state index contributed by atoms with van der Waals surface area (Å²) in [4.78, 5) is 0. The third-order valence-electron chi connectivity index (χ3n) is 4.29. The van der Waals surface area contributed by atoms with E-state index in [-0.39, 0.29) is 0 Å². The number of hydrogen-bond acceptors (Lipinski definition) is 2. The van der Waals surface area contributed by atoms with Crippen molar-refractivity contribution < 1.29 is 0 Å². The minimum absolute atomic E-state index is 0.583. The van der Waals surface area contributed by atoms with Crippen LogP contribution in [-0.4, -0.2) is 22.4 Å². The van der Waals surface area contributed by atoms with E-state index in [2.05, 4.69) is 40.2 Å². The molecule has 4 heteroatoms. The lowest BCUT2D eigenvalue weighted by molar-refractivity contribution is 0.384. The van der Waals surface area contributed by atoms with Crippen molar-refractivity contribution in [3.63, 3.8) is 0 Å². The maximum Gasteiger partial charge on any atom is 0.0738 e. The van der Waals surface area contributed by atoms with Gasteiger partial charge in [-0.25, -0.2) is 0 Å². The third kappa shape index (κ3) is 3.82. The molecule has 1 aliphatic carbocycles. The van der Waals surface area contributed by atoms with Gasteiger partial charge < -0.3 is 5.32 Å². The first-order valence-corrected chi connectivity index (χ1v) is 8.32. The maximum absolute atomic E-state index is 4.50. The molecule has 1 aliphatic rings. The van der Waals surface area contributed by atoms with Gasteiger partial charge in [0.2, 0.25) is 0 Å². The van der Waals surface area contributed by atoms with Crippen LogP contribution in [0.4, 0.5) is 0 Å². The van der Waals surface area contributed by atoms with Crippen LogP contribution < -0.4 is 5.32 Å². The van der Waals surface area contributed by atoms with Gasteiger partial charge in [-0.05, 0) is 41.7 Å². The van der Waals surface area contributed by atoms with Crippen LogP contribution in [0.5, 0.6) is 0 Å². The second-order valence-electron chi connectivity index (χ2n) is 5.81. The van der Waals surface area contributed by atoms with E-state index in [0.717, 1.165) is 24.6 Å². The SMILES string of the molecule is CCNC(Cc1c(Br)c(C)nn1C)CC1CCCC1. The summed E-state index contributed by atoms with van der Waals surface area (Å²) >= 11 is 3.68. The van der Waals surface area contributed by atoms with Crippen molar-refractivity contribution in [2.75, 3.05) is 6.54 Å². The Morgan fingerprint density at radius 1 is 1.42 bits per heavy atom. The molecule has 1 aromatic heterocycles. The molecule has 1 fully saturated rings. The molecular formula is C15H26BrN3. The van der Waals surface area contributed by atoms with E-state index in [1.807, 2.05) is 11.7 Å². The molecule has 1 unspecified atom stereocenters. The second-order valence-corrected chi connectivity index (χ2v) is 6.61. The van der Waals surface area contributed by atoms with E-state index in [1.54, 1.807) is 0 Å². The third-order valence-corrected chi connectivity index (χ3v) is 5.32. The van der Waals surface area contributed by atoms with Crippen molar-refractivity contribution in [3.8, 4) is 0 Å². The van der Waals surface area contributed by atoms with Crippen LogP contribution in [0.1, 0.15) is 50.4 Å². The quantitative estimate of drug-likeness (QED) is 0.865. The molecule has 1 N–H and O–H groups in total. The van der Waals surface area contributed by atoms with Gasteiger partial charge in [-0.3, -0.25) is 4.68 Å². The smallest absolute Gasteiger partial charge is 0.0738 e. The Morgan fingerprint density at radius 2 is 2.11 bits per heavy atom. The number of likely N-dealkylation sites (N-methyl/N-ethyl adjacent to an activating group) is 1.